The zero-order chi connectivity index (χ0) is 12.4. The monoisotopic (exact) mass is 293 g/mol. The number of hydrogen-bond acceptors (Lipinski definition) is 2. The molecule has 1 atom stereocenters. The van der Waals surface area contributed by atoms with Crippen LogP contribution in [0.5, 0.6) is 0 Å². The second-order valence-corrected chi connectivity index (χ2v) is 4.70. The predicted octanol–water partition coefficient (Wildman–Crippen LogP) is 3.49. The largest absolute Gasteiger partial charge is 0.480 e. The van der Waals surface area contributed by atoms with E-state index in [1.54, 1.807) is 6.92 Å². The Labute approximate surface area is 108 Å². The standard InChI is InChI=1S/C13H12BrNO2/c1-8(13(16)17)15-12-7-3-4-9-10(12)5-2-6-11(9)14/h2-8,15H,1H3,(H,16,17). The highest BCUT2D eigenvalue weighted by atomic mass is 79.9. The first-order chi connectivity index (χ1) is 8.09. The number of nitrogens with one attached hydrogen (secondary N) is 1. The Kier molecular flexibility index (Phi) is 3.33. The molecule has 0 aromatic heterocycles. The van der Waals surface area contributed by atoms with Crippen molar-refractivity contribution < 1.29 is 9.90 Å². The third-order valence-corrected chi connectivity index (χ3v) is 3.30. The molecule has 88 valence electrons. The third kappa shape index (κ3) is 2.42. The van der Waals surface area contributed by atoms with Crippen molar-refractivity contribution in [1.29, 1.82) is 0 Å². The summed E-state index contributed by atoms with van der Waals surface area (Å²) in [5, 5.41) is 14.0. The second-order valence-electron chi connectivity index (χ2n) is 3.84. The van der Waals surface area contributed by atoms with E-state index < -0.39 is 12.0 Å². The number of hydrogen-bond donors (Lipinski definition) is 2. The molecular weight excluding hydrogens is 282 g/mol. The van der Waals surface area contributed by atoms with Gasteiger partial charge in [-0.15, -0.1) is 0 Å². The number of rotatable bonds is 3. The van der Waals surface area contributed by atoms with Crippen molar-refractivity contribution in [2.75, 3.05) is 5.32 Å². The Morgan fingerprint density at radius 3 is 2.59 bits per heavy atom. The van der Waals surface area contributed by atoms with Crippen molar-refractivity contribution in [2.45, 2.75) is 13.0 Å². The molecule has 2 aromatic rings. The molecule has 0 saturated carbocycles. The van der Waals surface area contributed by atoms with Crippen LogP contribution in [0.3, 0.4) is 0 Å². The van der Waals surface area contributed by atoms with Crippen LogP contribution in [0.2, 0.25) is 0 Å². The van der Waals surface area contributed by atoms with Gasteiger partial charge in [0.15, 0.2) is 0 Å². The number of anilines is 1. The van der Waals surface area contributed by atoms with Crippen LogP contribution in [0.25, 0.3) is 10.8 Å². The summed E-state index contributed by atoms with van der Waals surface area (Å²) >= 11 is 3.48. The Morgan fingerprint density at radius 1 is 1.24 bits per heavy atom. The van der Waals surface area contributed by atoms with Crippen LogP contribution in [0.1, 0.15) is 6.92 Å². The lowest BCUT2D eigenvalue weighted by Crippen LogP contribution is -2.25. The van der Waals surface area contributed by atoms with Crippen molar-refractivity contribution in [3.8, 4) is 0 Å². The van der Waals surface area contributed by atoms with Gasteiger partial charge in [-0.2, -0.15) is 0 Å². The van der Waals surface area contributed by atoms with E-state index in [1.807, 2.05) is 36.4 Å². The highest BCUT2D eigenvalue weighted by Crippen LogP contribution is 2.29. The van der Waals surface area contributed by atoms with E-state index in [4.69, 9.17) is 5.11 Å². The van der Waals surface area contributed by atoms with Crippen LogP contribution in [0.4, 0.5) is 5.69 Å². The first kappa shape index (κ1) is 11.9. The molecule has 0 heterocycles. The molecule has 0 saturated heterocycles. The van der Waals surface area contributed by atoms with Crippen molar-refractivity contribution >= 4 is 38.4 Å². The molecule has 4 heteroatoms. The lowest BCUT2D eigenvalue weighted by molar-refractivity contribution is -0.137. The first-order valence-electron chi connectivity index (χ1n) is 5.26. The van der Waals surface area contributed by atoms with Gasteiger partial charge in [-0.05, 0) is 24.4 Å². The molecule has 3 nitrogen and oxygen atoms in total. The van der Waals surface area contributed by atoms with Crippen molar-refractivity contribution in [2.24, 2.45) is 0 Å². The average Bonchev–Trinajstić information content (AvgIpc) is 2.30. The number of carbonyl (C=O) groups is 1. The average molecular weight is 294 g/mol. The zero-order valence-electron chi connectivity index (χ0n) is 9.27. The fourth-order valence-corrected chi connectivity index (χ4v) is 2.19. The van der Waals surface area contributed by atoms with Crippen molar-refractivity contribution in [3.63, 3.8) is 0 Å². The van der Waals surface area contributed by atoms with Crippen LogP contribution in [0.15, 0.2) is 40.9 Å². The van der Waals surface area contributed by atoms with Crippen LogP contribution in [-0.2, 0) is 4.79 Å². The number of fused-ring (bicyclic) bond motifs is 1. The maximum absolute atomic E-state index is 10.8. The Balaban J connectivity index is 2.48. The molecule has 17 heavy (non-hydrogen) atoms. The summed E-state index contributed by atoms with van der Waals surface area (Å²) in [5.74, 6) is -0.864. The summed E-state index contributed by atoms with van der Waals surface area (Å²) in [6, 6.07) is 11.0. The van der Waals surface area contributed by atoms with E-state index in [0.29, 0.717) is 0 Å². The minimum absolute atomic E-state index is 0.611. The number of carboxylic acids is 1. The Morgan fingerprint density at radius 2 is 1.88 bits per heavy atom. The summed E-state index contributed by atoms with van der Waals surface area (Å²) in [5.41, 5.74) is 0.832. The molecule has 2 rings (SSSR count). The Hall–Kier alpha value is -1.55. The Bertz CT molecular complexity index is 568. The lowest BCUT2D eigenvalue weighted by Gasteiger charge is -2.13. The van der Waals surface area contributed by atoms with Crippen LogP contribution in [0, 0.1) is 0 Å². The number of aliphatic carboxylic acids is 1. The van der Waals surface area contributed by atoms with Crippen LogP contribution in [-0.4, -0.2) is 17.1 Å². The predicted molar refractivity (Wildman–Crippen MR) is 72.4 cm³/mol. The molecule has 1 unspecified atom stereocenters. The quantitative estimate of drug-likeness (QED) is 0.911. The fraction of sp³-hybridized carbons (Fsp3) is 0.154. The molecule has 0 radical (unpaired) electrons. The first-order valence-corrected chi connectivity index (χ1v) is 6.05. The molecule has 2 aromatic carbocycles. The molecule has 0 aliphatic rings. The summed E-state index contributed by atoms with van der Waals surface area (Å²) < 4.78 is 1.00. The molecule has 0 aliphatic carbocycles. The van der Waals surface area contributed by atoms with Gasteiger partial charge >= 0.3 is 5.97 Å². The van der Waals surface area contributed by atoms with Gasteiger partial charge in [0.25, 0.3) is 0 Å². The number of benzene rings is 2. The zero-order valence-corrected chi connectivity index (χ0v) is 10.9. The highest BCUT2D eigenvalue weighted by molar-refractivity contribution is 9.10. The second kappa shape index (κ2) is 4.75. The van der Waals surface area contributed by atoms with Gasteiger partial charge in [0, 0.05) is 15.5 Å². The minimum Gasteiger partial charge on any atom is -0.480 e. The van der Waals surface area contributed by atoms with E-state index in [9.17, 15) is 4.79 Å². The van der Waals surface area contributed by atoms with Gasteiger partial charge in [-0.1, -0.05) is 40.2 Å². The summed E-state index contributed by atoms with van der Waals surface area (Å²) in [6.45, 7) is 1.62. The smallest absolute Gasteiger partial charge is 0.325 e. The molecule has 0 bridgehead atoms. The normalized spacial score (nSPS) is 12.4. The summed E-state index contributed by atoms with van der Waals surface area (Å²) in [6.07, 6.45) is 0. The molecule has 0 fully saturated rings. The van der Waals surface area contributed by atoms with E-state index in [2.05, 4.69) is 21.2 Å². The van der Waals surface area contributed by atoms with Gasteiger partial charge in [-0.3, -0.25) is 4.79 Å². The highest BCUT2D eigenvalue weighted by Gasteiger charge is 2.11. The number of carboxylic acid groups (broad SMARTS) is 1. The van der Waals surface area contributed by atoms with Gasteiger partial charge in [0.2, 0.25) is 0 Å². The summed E-state index contributed by atoms with van der Waals surface area (Å²) in [4.78, 5) is 10.8. The van der Waals surface area contributed by atoms with Gasteiger partial charge in [0.05, 0.1) is 0 Å². The van der Waals surface area contributed by atoms with Gasteiger partial charge in [0.1, 0.15) is 6.04 Å². The number of halogens is 1. The third-order valence-electron chi connectivity index (χ3n) is 2.61. The van der Waals surface area contributed by atoms with Crippen LogP contribution < -0.4 is 5.32 Å². The molecule has 0 spiro atoms. The molecule has 0 aliphatic heterocycles. The maximum atomic E-state index is 10.8. The SMILES string of the molecule is CC(Nc1cccc2c(Br)cccc12)C(=O)O. The molecule has 2 N–H and O–H groups in total. The fourth-order valence-electron chi connectivity index (χ4n) is 1.69. The topological polar surface area (TPSA) is 49.3 Å². The van der Waals surface area contributed by atoms with E-state index >= 15 is 0 Å². The lowest BCUT2D eigenvalue weighted by atomic mass is 10.1. The van der Waals surface area contributed by atoms with E-state index in [0.717, 1.165) is 20.9 Å². The molecular formula is C13H12BrNO2. The van der Waals surface area contributed by atoms with E-state index in [1.165, 1.54) is 0 Å². The van der Waals surface area contributed by atoms with Gasteiger partial charge in [-0.25, -0.2) is 0 Å². The van der Waals surface area contributed by atoms with Crippen molar-refractivity contribution in [1.82, 2.24) is 0 Å². The van der Waals surface area contributed by atoms with Crippen LogP contribution >= 0.6 is 15.9 Å². The van der Waals surface area contributed by atoms with Gasteiger partial charge < -0.3 is 10.4 Å². The summed E-state index contributed by atoms with van der Waals surface area (Å²) in [7, 11) is 0. The van der Waals surface area contributed by atoms with E-state index in [-0.39, 0.29) is 0 Å². The maximum Gasteiger partial charge on any atom is 0.325 e. The molecule has 0 amide bonds. The van der Waals surface area contributed by atoms with Crippen molar-refractivity contribution in [3.05, 3.63) is 40.9 Å². The minimum atomic E-state index is -0.864.